The number of hydrogen-bond donors (Lipinski definition) is 1. The van der Waals surface area contributed by atoms with Gasteiger partial charge in [0, 0.05) is 31.7 Å². The average Bonchev–Trinajstić information content (AvgIpc) is 3.18. The highest BCUT2D eigenvalue weighted by Gasteiger charge is 2.18. The van der Waals surface area contributed by atoms with Crippen molar-refractivity contribution < 1.29 is 13.9 Å². The van der Waals surface area contributed by atoms with Crippen molar-refractivity contribution in [1.82, 2.24) is 10.2 Å². The molecule has 0 unspecified atom stereocenters. The fraction of sp³-hybridized carbons (Fsp3) is 0.381. The van der Waals surface area contributed by atoms with Gasteiger partial charge < -0.3 is 15.0 Å². The molecule has 1 saturated heterocycles. The molecule has 0 atom stereocenters. The van der Waals surface area contributed by atoms with E-state index in [1.807, 2.05) is 35.2 Å². The number of likely N-dealkylation sites (tertiary alicyclic amines) is 1. The molecule has 0 aromatic heterocycles. The van der Waals surface area contributed by atoms with Crippen LogP contribution in [0.4, 0.5) is 4.39 Å². The normalized spacial score (nSPS) is 13.8. The molecule has 2 aromatic carbocycles. The standard InChI is InChI=1S/C21H25FN2O2/c1-16-12-17(8-9-19(16)22)13-23-14-18-6-2-3-7-20(18)26-15-21(25)24-10-4-5-11-24/h2-3,6-9,12,23H,4-5,10-11,13-15H2,1H3. The number of carbonyl (C=O) groups excluding carboxylic acids is 1. The van der Waals surface area contributed by atoms with Crippen LogP contribution < -0.4 is 10.1 Å². The quantitative estimate of drug-likeness (QED) is 0.826. The number of hydrogen-bond acceptors (Lipinski definition) is 3. The molecule has 1 amide bonds. The molecule has 0 saturated carbocycles. The summed E-state index contributed by atoms with van der Waals surface area (Å²) in [7, 11) is 0. The topological polar surface area (TPSA) is 41.6 Å². The summed E-state index contributed by atoms with van der Waals surface area (Å²) in [5.41, 5.74) is 2.68. The molecule has 5 heteroatoms. The monoisotopic (exact) mass is 356 g/mol. The first-order valence-corrected chi connectivity index (χ1v) is 9.08. The first-order chi connectivity index (χ1) is 12.6. The zero-order valence-corrected chi connectivity index (χ0v) is 15.1. The van der Waals surface area contributed by atoms with Crippen LogP contribution in [0.25, 0.3) is 0 Å². The third-order valence-electron chi connectivity index (χ3n) is 4.65. The van der Waals surface area contributed by atoms with Crippen LogP contribution in [0.1, 0.15) is 29.5 Å². The molecule has 0 radical (unpaired) electrons. The van der Waals surface area contributed by atoms with Crippen molar-refractivity contribution in [3.8, 4) is 5.75 Å². The number of carbonyl (C=O) groups is 1. The maximum Gasteiger partial charge on any atom is 0.260 e. The van der Waals surface area contributed by atoms with Crippen LogP contribution in [0.15, 0.2) is 42.5 Å². The van der Waals surface area contributed by atoms with E-state index in [1.165, 1.54) is 6.07 Å². The Hall–Kier alpha value is -2.40. The van der Waals surface area contributed by atoms with Crippen molar-refractivity contribution in [3.05, 3.63) is 65.0 Å². The minimum Gasteiger partial charge on any atom is -0.483 e. The number of rotatable bonds is 7. The number of para-hydroxylation sites is 1. The largest absolute Gasteiger partial charge is 0.483 e. The van der Waals surface area contributed by atoms with Crippen LogP contribution in [-0.4, -0.2) is 30.5 Å². The van der Waals surface area contributed by atoms with E-state index in [9.17, 15) is 9.18 Å². The Morgan fingerprint density at radius 2 is 1.92 bits per heavy atom. The van der Waals surface area contributed by atoms with Crippen LogP contribution >= 0.6 is 0 Å². The third-order valence-corrected chi connectivity index (χ3v) is 4.65. The van der Waals surface area contributed by atoms with Crippen molar-refractivity contribution in [1.29, 1.82) is 0 Å². The van der Waals surface area contributed by atoms with E-state index in [-0.39, 0.29) is 18.3 Å². The molecule has 1 aliphatic heterocycles. The van der Waals surface area contributed by atoms with Gasteiger partial charge in [-0.15, -0.1) is 0 Å². The number of ether oxygens (including phenoxy) is 1. The number of halogens is 1. The summed E-state index contributed by atoms with van der Waals surface area (Å²) in [4.78, 5) is 14.0. The summed E-state index contributed by atoms with van der Waals surface area (Å²) in [6, 6.07) is 12.9. The van der Waals surface area contributed by atoms with Gasteiger partial charge in [-0.1, -0.05) is 30.3 Å². The molecule has 0 spiro atoms. The number of benzene rings is 2. The number of nitrogens with zero attached hydrogens (tertiary/aromatic N) is 1. The van der Waals surface area contributed by atoms with Gasteiger partial charge in [-0.25, -0.2) is 4.39 Å². The lowest BCUT2D eigenvalue weighted by Gasteiger charge is -2.17. The summed E-state index contributed by atoms with van der Waals surface area (Å²) in [6.07, 6.45) is 2.16. The summed E-state index contributed by atoms with van der Waals surface area (Å²) in [5, 5.41) is 3.35. The third kappa shape index (κ3) is 4.82. The molecule has 26 heavy (non-hydrogen) atoms. The van der Waals surface area contributed by atoms with Gasteiger partial charge >= 0.3 is 0 Å². The highest BCUT2D eigenvalue weighted by molar-refractivity contribution is 5.78. The summed E-state index contributed by atoms with van der Waals surface area (Å²) >= 11 is 0. The average molecular weight is 356 g/mol. The molecule has 138 valence electrons. The maximum absolute atomic E-state index is 13.3. The van der Waals surface area contributed by atoms with E-state index in [0.717, 1.165) is 42.8 Å². The summed E-state index contributed by atoms with van der Waals surface area (Å²) < 4.78 is 19.1. The predicted octanol–water partition coefficient (Wildman–Crippen LogP) is 3.43. The van der Waals surface area contributed by atoms with Gasteiger partial charge in [-0.2, -0.15) is 0 Å². The fourth-order valence-corrected chi connectivity index (χ4v) is 3.15. The van der Waals surface area contributed by atoms with Crippen molar-refractivity contribution >= 4 is 5.91 Å². The molecule has 0 aliphatic carbocycles. The minimum atomic E-state index is -0.185. The zero-order chi connectivity index (χ0) is 18.4. The number of aryl methyl sites for hydroxylation is 1. The molecule has 2 aromatic rings. The van der Waals surface area contributed by atoms with Crippen LogP contribution in [0.5, 0.6) is 5.75 Å². The van der Waals surface area contributed by atoms with Gasteiger partial charge in [0.25, 0.3) is 5.91 Å². The van der Waals surface area contributed by atoms with E-state index in [0.29, 0.717) is 18.7 Å². The summed E-state index contributed by atoms with van der Waals surface area (Å²) in [6.45, 7) is 4.77. The van der Waals surface area contributed by atoms with E-state index < -0.39 is 0 Å². The van der Waals surface area contributed by atoms with Gasteiger partial charge in [0.05, 0.1) is 0 Å². The van der Waals surface area contributed by atoms with E-state index in [4.69, 9.17) is 4.74 Å². The summed E-state index contributed by atoms with van der Waals surface area (Å²) in [5.74, 6) is 0.588. The van der Waals surface area contributed by atoms with Crippen molar-refractivity contribution in [2.24, 2.45) is 0 Å². The van der Waals surface area contributed by atoms with Gasteiger partial charge in [-0.3, -0.25) is 4.79 Å². The molecule has 1 N–H and O–H groups in total. The highest BCUT2D eigenvalue weighted by atomic mass is 19.1. The Morgan fingerprint density at radius 1 is 1.15 bits per heavy atom. The van der Waals surface area contributed by atoms with Gasteiger partial charge in [0.1, 0.15) is 11.6 Å². The maximum atomic E-state index is 13.3. The molecule has 4 nitrogen and oxygen atoms in total. The smallest absolute Gasteiger partial charge is 0.260 e. The lowest BCUT2D eigenvalue weighted by molar-refractivity contribution is -0.132. The zero-order valence-electron chi connectivity index (χ0n) is 15.1. The minimum absolute atomic E-state index is 0.0482. The molecule has 1 aliphatic rings. The Bertz CT molecular complexity index is 757. The number of nitrogens with one attached hydrogen (secondary N) is 1. The van der Waals surface area contributed by atoms with Crippen molar-refractivity contribution in [2.45, 2.75) is 32.9 Å². The van der Waals surface area contributed by atoms with Gasteiger partial charge in [0.2, 0.25) is 0 Å². The predicted molar refractivity (Wildman–Crippen MR) is 99.4 cm³/mol. The Kier molecular flexibility index (Phi) is 6.23. The van der Waals surface area contributed by atoms with Crippen molar-refractivity contribution in [3.63, 3.8) is 0 Å². The van der Waals surface area contributed by atoms with Crippen LogP contribution in [0, 0.1) is 12.7 Å². The molecule has 3 rings (SSSR count). The van der Waals surface area contributed by atoms with Crippen LogP contribution in [0.2, 0.25) is 0 Å². The fourth-order valence-electron chi connectivity index (χ4n) is 3.15. The van der Waals surface area contributed by atoms with Gasteiger partial charge in [-0.05, 0) is 43.0 Å². The number of amides is 1. The van der Waals surface area contributed by atoms with E-state index >= 15 is 0 Å². The Labute approximate surface area is 154 Å². The lowest BCUT2D eigenvalue weighted by atomic mass is 10.1. The molecular weight excluding hydrogens is 331 g/mol. The highest BCUT2D eigenvalue weighted by Crippen LogP contribution is 2.19. The second kappa shape index (κ2) is 8.81. The SMILES string of the molecule is Cc1cc(CNCc2ccccc2OCC(=O)N2CCCC2)ccc1F. The first-order valence-electron chi connectivity index (χ1n) is 9.08. The Morgan fingerprint density at radius 3 is 2.69 bits per heavy atom. The molecule has 1 heterocycles. The van der Waals surface area contributed by atoms with Crippen LogP contribution in [0.3, 0.4) is 0 Å². The second-order valence-corrected chi connectivity index (χ2v) is 6.67. The first kappa shape index (κ1) is 18.4. The lowest BCUT2D eigenvalue weighted by Crippen LogP contribution is -2.32. The molecule has 1 fully saturated rings. The van der Waals surface area contributed by atoms with Gasteiger partial charge in [0.15, 0.2) is 6.61 Å². The van der Waals surface area contributed by atoms with Crippen LogP contribution in [-0.2, 0) is 17.9 Å². The Balaban J connectivity index is 1.53. The molecule has 0 bridgehead atoms. The van der Waals surface area contributed by atoms with E-state index in [1.54, 1.807) is 13.0 Å². The second-order valence-electron chi connectivity index (χ2n) is 6.67. The molecular formula is C21H25FN2O2. The van der Waals surface area contributed by atoms with E-state index in [2.05, 4.69) is 5.32 Å². The van der Waals surface area contributed by atoms with Crippen molar-refractivity contribution in [2.75, 3.05) is 19.7 Å².